The number of carbonyl (C=O) groups is 1. The van der Waals surface area contributed by atoms with Gasteiger partial charge < -0.3 is 14.4 Å². The molecule has 0 radical (unpaired) electrons. The highest BCUT2D eigenvalue weighted by Crippen LogP contribution is 2.34. The van der Waals surface area contributed by atoms with Crippen molar-refractivity contribution in [3.63, 3.8) is 0 Å². The number of carboxylic acid groups (broad SMARTS) is 1. The highest BCUT2D eigenvalue weighted by atomic mass is 16.5. The SMILES string of the molecule is CCCc1nc(-c2cn3c(n2)-c2cc(CC(=O)O)ccc2OCC3)n[nH]1. The molecule has 3 heterocycles. The van der Waals surface area contributed by atoms with E-state index < -0.39 is 5.97 Å². The van der Waals surface area contributed by atoms with Crippen LogP contribution in [0, 0.1) is 0 Å². The summed E-state index contributed by atoms with van der Waals surface area (Å²) in [7, 11) is 0. The van der Waals surface area contributed by atoms with Crippen LogP contribution in [0.3, 0.4) is 0 Å². The van der Waals surface area contributed by atoms with Crippen LogP contribution >= 0.6 is 0 Å². The molecule has 1 aliphatic heterocycles. The van der Waals surface area contributed by atoms with Gasteiger partial charge in [0.2, 0.25) is 5.82 Å². The van der Waals surface area contributed by atoms with Gasteiger partial charge in [0.1, 0.15) is 29.7 Å². The van der Waals surface area contributed by atoms with Crippen molar-refractivity contribution < 1.29 is 14.6 Å². The Labute approximate surface area is 149 Å². The molecular weight excluding hydrogens is 334 g/mol. The Balaban J connectivity index is 1.75. The highest BCUT2D eigenvalue weighted by molar-refractivity contribution is 5.74. The summed E-state index contributed by atoms with van der Waals surface area (Å²) >= 11 is 0. The van der Waals surface area contributed by atoms with Crippen LogP contribution in [0.15, 0.2) is 24.4 Å². The third-order valence-corrected chi connectivity index (χ3v) is 4.25. The maximum absolute atomic E-state index is 11.0. The van der Waals surface area contributed by atoms with E-state index in [9.17, 15) is 4.79 Å². The second-order valence-corrected chi connectivity index (χ2v) is 6.25. The van der Waals surface area contributed by atoms with E-state index in [2.05, 4.69) is 22.1 Å². The van der Waals surface area contributed by atoms with Crippen molar-refractivity contribution in [1.29, 1.82) is 0 Å². The molecular formula is C18H19N5O3. The quantitative estimate of drug-likeness (QED) is 0.729. The van der Waals surface area contributed by atoms with E-state index >= 15 is 0 Å². The Morgan fingerprint density at radius 3 is 3.08 bits per heavy atom. The van der Waals surface area contributed by atoms with Crippen molar-refractivity contribution in [3.8, 4) is 28.7 Å². The molecule has 2 aromatic heterocycles. The standard InChI is InChI=1S/C18H19N5O3/c1-2-3-15-20-17(22-21-15)13-10-23-6-7-26-14-5-4-11(9-16(24)25)8-12(14)18(23)19-13/h4-5,8,10H,2-3,6-7,9H2,1H3,(H,24,25)(H,20,21,22). The van der Waals surface area contributed by atoms with Gasteiger partial charge in [-0.25, -0.2) is 9.97 Å². The van der Waals surface area contributed by atoms with E-state index in [-0.39, 0.29) is 6.42 Å². The Morgan fingerprint density at radius 1 is 1.38 bits per heavy atom. The molecule has 0 spiro atoms. The summed E-state index contributed by atoms with van der Waals surface area (Å²) in [6.45, 7) is 3.26. The number of nitrogens with zero attached hydrogens (tertiary/aromatic N) is 4. The van der Waals surface area contributed by atoms with Gasteiger partial charge in [-0.1, -0.05) is 13.0 Å². The van der Waals surface area contributed by atoms with Crippen LogP contribution in [0.5, 0.6) is 5.75 Å². The maximum Gasteiger partial charge on any atom is 0.307 e. The molecule has 8 heteroatoms. The average Bonchev–Trinajstić information content (AvgIpc) is 3.20. The van der Waals surface area contributed by atoms with E-state index in [0.29, 0.717) is 36.0 Å². The van der Waals surface area contributed by atoms with Crippen LogP contribution in [-0.4, -0.2) is 42.4 Å². The molecule has 1 aliphatic rings. The number of fused-ring (bicyclic) bond motifs is 3. The minimum Gasteiger partial charge on any atom is -0.491 e. The van der Waals surface area contributed by atoms with Gasteiger partial charge in [-0.15, -0.1) is 0 Å². The average molecular weight is 353 g/mol. The van der Waals surface area contributed by atoms with E-state index in [1.165, 1.54) is 0 Å². The molecule has 0 fully saturated rings. The first-order chi connectivity index (χ1) is 12.6. The molecule has 134 valence electrons. The number of aromatic nitrogens is 5. The fraction of sp³-hybridized carbons (Fsp3) is 0.333. The molecule has 0 saturated heterocycles. The number of H-pyrrole nitrogens is 1. The van der Waals surface area contributed by atoms with Gasteiger partial charge in [0.05, 0.1) is 18.5 Å². The van der Waals surface area contributed by atoms with Gasteiger partial charge >= 0.3 is 5.97 Å². The molecule has 8 nitrogen and oxygen atoms in total. The number of nitrogens with one attached hydrogen (secondary N) is 1. The topological polar surface area (TPSA) is 106 Å². The lowest BCUT2D eigenvalue weighted by atomic mass is 10.1. The molecule has 4 rings (SSSR count). The fourth-order valence-electron chi connectivity index (χ4n) is 3.08. The Hall–Kier alpha value is -3.16. The summed E-state index contributed by atoms with van der Waals surface area (Å²) in [4.78, 5) is 20.2. The van der Waals surface area contributed by atoms with E-state index in [4.69, 9.17) is 14.8 Å². The van der Waals surface area contributed by atoms with E-state index in [1.54, 1.807) is 6.07 Å². The summed E-state index contributed by atoms with van der Waals surface area (Å²) in [5.41, 5.74) is 2.19. The monoisotopic (exact) mass is 353 g/mol. The first-order valence-electron chi connectivity index (χ1n) is 8.60. The summed E-state index contributed by atoms with van der Waals surface area (Å²) < 4.78 is 7.79. The maximum atomic E-state index is 11.0. The predicted molar refractivity (Wildman–Crippen MR) is 93.9 cm³/mol. The lowest BCUT2D eigenvalue weighted by Gasteiger charge is -2.07. The first kappa shape index (κ1) is 16.3. The molecule has 0 saturated carbocycles. The van der Waals surface area contributed by atoms with E-state index in [1.807, 2.05) is 22.9 Å². The number of hydrogen-bond donors (Lipinski definition) is 2. The third kappa shape index (κ3) is 3.05. The number of aromatic amines is 1. The molecule has 0 unspecified atom stereocenters. The molecule has 0 atom stereocenters. The van der Waals surface area contributed by atoms with Crippen LogP contribution in [-0.2, 0) is 24.2 Å². The van der Waals surface area contributed by atoms with Crippen molar-refractivity contribution in [2.24, 2.45) is 0 Å². The number of imidazole rings is 1. The fourth-order valence-corrected chi connectivity index (χ4v) is 3.08. The van der Waals surface area contributed by atoms with Crippen molar-refractivity contribution in [2.75, 3.05) is 6.61 Å². The van der Waals surface area contributed by atoms with Crippen molar-refractivity contribution in [3.05, 3.63) is 35.8 Å². The summed E-state index contributed by atoms with van der Waals surface area (Å²) in [6.07, 6.45) is 3.71. The summed E-state index contributed by atoms with van der Waals surface area (Å²) in [5.74, 6) is 1.99. The third-order valence-electron chi connectivity index (χ3n) is 4.25. The second kappa shape index (κ2) is 6.62. The molecule has 3 aromatic rings. The number of benzene rings is 1. The van der Waals surface area contributed by atoms with Crippen LogP contribution in [0.1, 0.15) is 24.7 Å². The normalized spacial score (nSPS) is 12.8. The van der Waals surface area contributed by atoms with Gasteiger partial charge in [-0.3, -0.25) is 9.89 Å². The van der Waals surface area contributed by atoms with Crippen LogP contribution in [0.2, 0.25) is 0 Å². The number of ether oxygens (including phenoxy) is 1. The Kier molecular flexibility index (Phi) is 4.16. The molecule has 26 heavy (non-hydrogen) atoms. The minimum atomic E-state index is -0.868. The molecule has 1 aromatic carbocycles. The molecule has 0 amide bonds. The molecule has 0 aliphatic carbocycles. The smallest absolute Gasteiger partial charge is 0.307 e. The number of aliphatic carboxylic acids is 1. The second-order valence-electron chi connectivity index (χ2n) is 6.25. The molecule has 2 N–H and O–H groups in total. The van der Waals surface area contributed by atoms with E-state index in [0.717, 1.165) is 30.1 Å². The minimum absolute atomic E-state index is 0.0395. The number of rotatable bonds is 5. The van der Waals surface area contributed by atoms with Gasteiger partial charge in [-0.2, -0.15) is 5.10 Å². The lowest BCUT2D eigenvalue weighted by Crippen LogP contribution is -2.04. The van der Waals surface area contributed by atoms with Gasteiger partial charge in [-0.05, 0) is 24.1 Å². The Bertz CT molecular complexity index is 960. The van der Waals surface area contributed by atoms with Crippen LogP contribution in [0.4, 0.5) is 0 Å². The number of aryl methyl sites for hydroxylation is 1. The van der Waals surface area contributed by atoms with Gasteiger partial charge in [0, 0.05) is 12.6 Å². The van der Waals surface area contributed by atoms with Gasteiger partial charge in [0.15, 0.2) is 0 Å². The predicted octanol–water partition coefficient (Wildman–Crippen LogP) is 2.31. The Morgan fingerprint density at radius 2 is 2.27 bits per heavy atom. The largest absolute Gasteiger partial charge is 0.491 e. The highest BCUT2D eigenvalue weighted by Gasteiger charge is 2.21. The summed E-state index contributed by atoms with van der Waals surface area (Å²) in [6, 6.07) is 5.42. The zero-order valence-electron chi connectivity index (χ0n) is 14.4. The van der Waals surface area contributed by atoms with Crippen LogP contribution in [0.25, 0.3) is 22.9 Å². The summed E-state index contributed by atoms with van der Waals surface area (Å²) in [5, 5.41) is 16.3. The molecule has 0 bridgehead atoms. The van der Waals surface area contributed by atoms with Gasteiger partial charge in [0.25, 0.3) is 0 Å². The van der Waals surface area contributed by atoms with Crippen molar-refractivity contribution >= 4 is 5.97 Å². The number of carboxylic acids is 1. The van der Waals surface area contributed by atoms with Crippen LogP contribution < -0.4 is 4.74 Å². The zero-order chi connectivity index (χ0) is 18.1. The number of hydrogen-bond acceptors (Lipinski definition) is 5. The van der Waals surface area contributed by atoms with Crippen molar-refractivity contribution in [2.45, 2.75) is 32.7 Å². The zero-order valence-corrected chi connectivity index (χ0v) is 14.4. The first-order valence-corrected chi connectivity index (χ1v) is 8.60. The lowest BCUT2D eigenvalue weighted by molar-refractivity contribution is -0.136. The van der Waals surface area contributed by atoms with Crippen molar-refractivity contribution in [1.82, 2.24) is 24.7 Å².